The molecule has 2 saturated heterocycles. The van der Waals surface area contributed by atoms with Crippen LogP contribution in [0.4, 0.5) is 0 Å². The molecule has 0 saturated carbocycles. The largest absolute Gasteiger partial charge is 0.353 e. The minimum absolute atomic E-state index is 0.0526. The average Bonchev–Trinajstić information content (AvgIpc) is 2.40. The maximum atomic E-state index is 12.2. The van der Waals surface area contributed by atoms with Crippen LogP contribution in [-0.2, 0) is 9.59 Å². The van der Waals surface area contributed by atoms with Crippen molar-refractivity contribution in [3.63, 3.8) is 0 Å². The van der Waals surface area contributed by atoms with Gasteiger partial charge in [0.15, 0.2) is 0 Å². The van der Waals surface area contributed by atoms with Crippen LogP contribution in [0.3, 0.4) is 0 Å². The second-order valence-corrected chi connectivity index (χ2v) is 4.82. The van der Waals surface area contributed by atoms with Gasteiger partial charge < -0.3 is 15.5 Å². The standard InChI is InChI=1S/C12H22N4O2/c1-2-10-12(18)14-5-8-16(10)9-11(17)15-6-3-13-4-7-15/h10,13H,2-9H2,1H3,(H,14,18). The van der Waals surface area contributed by atoms with Gasteiger partial charge in [-0.25, -0.2) is 0 Å². The molecule has 102 valence electrons. The Hall–Kier alpha value is -1.14. The molecule has 6 heteroatoms. The maximum Gasteiger partial charge on any atom is 0.237 e. The first-order valence-corrected chi connectivity index (χ1v) is 6.72. The summed E-state index contributed by atoms with van der Waals surface area (Å²) < 4.78 is 0. The molecule has 0 aromatic carbocycles. The molecule has 0 bridgehead atoms. The number of nitrogens with one attached hydrogen (secondary N) is 2. The Morgan fingerprint density at radius 1 is 1.28 bits per heavy atom. The van der Waals surface area contributed by atoms with Crippen molar-refractivity contribution in [1.29, 1.82) is 0 Å². The van der Waals surface area contributed by atoms with Crippen molar-refractivity contribution >= 4 is 11.8 Å². The van der Waals surface area contributed by atoms with Crippen LogP contribution < -0.4 is 10.6 Å². The highest BCUT2D eigenvalue weighted by molar-refractivity contribution is 5.84. The Morgan fingerprint density at radius 3 is 2.67 bits per heavy atom. The molecule has 2 aliphatic heterocycles. The second kappa shape index (κ2) is 6.15. The fraction of sp³-hybridized carbons (Fsp3) is 0.833. The molecule has 1 unspecified atom stereocenters. The summed E-state index contributed by atoms with van der Waals surface area (Å²) in [6, 6.07) is -0.148. The van der Waals surface area contributed by atoms with Crippen LogP contribution in [0.25, 0.3) is 0 Å². The third-order valence-electron chi connectivity index (χ3n) is 3.64. The zero-order valence-corrected chi connectivity index (χ0v) is 10.9. The minimum atomic E-state index is -0.148. The summed E-state index contributed by atoms with van der Waals surface area (Å²) in [4.78, 5) is 27.8. The monoisotopic (exact) mass is 254 g/mol. The van der Waals surface area contributed by atoms with E-state index in [1.54, 1.807) is 0 Å². The molecule has 18 heavy (non-hydrogen) atoms. The van der Waals surface area contributed by atoms with E-state index >= 15 is 0 Å². The van der Waals surface area contributed by atoms with Crippen molar-refractivity contribution < 1.29 is 9.59 Å². The first-order chi connectivity index (χ1) is 8.72. The summed E-state index contributed by atoms with van der Waals surface area (Å²) in [6.45, 7) is 7.04. The van der Waals surface area contributed by atoms with Crippen LogP contribution in [0.5, 0.6) is 0 Å². The normalized spacial score (nSPS) is 25.9. The molecule has 2 aliphatic rings. The Balaban J connectivity index is 1.90. The summed E-state index contributed by atoms with van der Waals surface area (Å²) in [7, 11) is 0. The van der Waals surface area contributed by atoms with E-state index in [0.29, 0.717) is 13.1 Å². The molecule has 0 spiro atoms. The molecule has 2 heterocycles. The van der Waals surface area contributed by atoms with Gasteiger partial charge in [0, 0.05) is 39.3 Å². The van der Waals surface area contributed by atoms with E-state index in [1.165, 1.54) is 0 Å². The molecule has 2 fully saturated rings. The van der Waals surface area contributed by atoms with Crippen LogP contribution in [0.1, 0.15) is 13.3 Å². The van der Waals surface area contributed by atoms with Gasteiger partial charge in [-0.3, -0.25) is 14.5 Å². The van der Waals surface area contributed by atoms with E-state index in [-0.39, 0.29) is 17.9 Å². The van der Waals surface area contributed by atoms with Crippen molar-refractivity contribution in [3.05, 3.63) is 0 Å². The highest BCUT2D eigenvalue weighted by atomic mass is 16.2. The van der Waals surface area contributed by atoms with E-state index < -0.39 is 0 Å². The van der Waals surface area contributed by atoms with E-state index in [2.05, 4.69) is 10.6 Å². The summed E-state index contributed by atoms with van der Waals surface area (Å²) in [6.07, 6.45) is 0.751. The summed E-state index contributed by atoms with van der Waals surface area (Å²) >= 11 is 0. The van der Waals surface area contributed by atoms with E-state index in [9.17, 15) is 9.59 Å². The molecule has 0 aliphatic carbocycles. The molecule has 2 amide bonds. The molecule has 1 atom stereocenters. The number of carbonyl (C=O) groups excluding carboxylic acids is 2. The quantitative estimate of drug-likeness (QED) is 0.652. The number of piperazine rings is 2. The van der Waals surface area contributed by atoms with Gasteiger partial charge in [0.2, 0.25) is 11.8 Å². The van der Waals surface area contributed by atoms with E-state index in [1.807, 2.05) is 16.7 Å². The Labute approximate surface area is 108 Å². The van der Waals surface area contributed by atoms with Crippen LogP contribution >= 0.6 is 0 Å². The number of hydrogen-bond acceptors (Lipinski definition) is 4. The Morgan fingerprint density at radius 2 is 2.00 bits per heavy atom. The zero-order chi connectivity index (χ0) is 13.0. The SMILES string of the molecule is CCC1C(=O)NCCN1CC(=O)N1CCNCC1. The number of hydrogen-bond donors (Lipinski definition) is 2. The van der Waals surface area contributed by atoms with Crippen LogP contribution in [-0.4, -0.2) is 73.5 Å². The predicted molar refractivity (Wildman–Crippen MR) is 68.1 cm³/mol. The lowest BCUT2D eigenvalue weighted by Crippen LogP contribution is -2.58. The molecular formula is C12H22N4O2. The second-order valence-electron chi connectivity index (χ2n) is 4.82. The van der Waals surface area contributed by atoms with Crippen molar-refractivity contribution in [3.8, 4) is 0 Å². The first kappa shape index (κ1) is 13.3. The van der Waals surface area contributed by atoms with Crippen molar-refractivity contribution in [2.75, 3.05) is 45.8 Å². The van der Waals surface area contributed by atoms with Gasteiger partial charge in [-0.2, -0.15) is 0 Å². The van der Waals surface area contributed by atoms with E-state index in [0.717, 1.165) is 39.1 Å². The lowest BCUT2D eigenvalue weighted by atomic mass is 10.1. The lowest BCUT2D eigenvalue weighted by Gasteiger charge is -2.36. The van der Waals surface area contributed by atoms with E-state index in [4.69, 9.17) is 0 Å². The van der Waals surface area contributed by atoms with Gasteiger partial charge in [0.1, 0.15) is 0 Å². The highest BCUT2D eigenvalue weighted by Crippen LogP contribution is 2.09. The molecule has 0 aromatic heterocycles. The zero-order valence-electron chi connectivity index (χ0n) is 10.9. The average molecular weight is 254 g/mol. The van der Waals surface area contributed by atoms with Gasteiger partial charge in [-0.15, -0.1) is 0 Å². The third kappa shape index (κ3) is 3.00. The van der Waals surface area contributed by atoms with Gasteiger partial charge in [0.25, 0.3) is 0 Å². The van der Waals surface area contributed by atoms with Crippen LogP contribution in [0.2, 0.25) is 0 Å². The number of rotatable bonds is 3. The molecular weight excluding hydrogens is 232 g/mol. The smallest absolute Gasteiger partial charge is 0.237 e. The highest BCUT2D eigenvalue weighted by Gasteiger charge is 2.30. The molecule has 6 nitrogen and oxygen atoms in total. The number of carbonyl (C=O) groups is 2. The fourth-order valence-electron chi connectivity index (χ4n) is 2.58. The summed E-state index contributed by atoms with van der Waals surface area (Å²) in [5.74, 6) is 0.196. The molecule has 2 N–H and O–H groups in total. The number of amides is 2. The van der Waals surface area contributed by atoms with Gasteiger partial charge in [-0.05, 0) is 6.42 Å². The van der Waals surface area contributed by atoms with Crippen LogP contribution in [0.15, 0.2) is 0 Å². The summed E-state index contributed by atoms with van der Waals surface area (Å²) in [5, 5.41) is 6.08. The number of nitrogens with zero attached hydrogens (tertiary/aromatic N) is 2. The third-order valence-corrected chi connectivity index (χ3v) is 3.64. The Bertz CT molecular complexity index is 315. The first-order valence-electron chi connectivity index (χ1n) is 6.72. The van der Waals surface area contributed by atoms with Gasteiger partial charge >= 0.3 is 0 Å². The minimum Gasteiger partial charge on any atom is -0.353 e. The van der Waals surface area contributed by atoms with Gasteiger partial charge in [0.05, 0.1) is 12.6 Å². The fourth-order valence-corrected chi connectivity index (χ4v) is 2.58. The molecule has 0 radical (unpaired) electrons. The molecule has 2 rings (SSSR count). The summed E-state index contributed by atoms with van der Waals surface area (Å²) in [5.41, 5.74) is 0. The Kier molecular flexibility index (Phi) is 4.54. The van der Waals surface area contributed by atoms with Crippen molar-refractivity contribution in [1.82, 2.24) is 20.4 Å². The predicted octanol–water partition coefficient (Wildman–Crippen LogP) is -1.37. The van der Waals surface area contributed by atoms with Gasteiger partial charge in [-0.1, -0.05) is 6.92 Å². The van der Waals surface area contributed by atoms with Crippen molar-refractivity contribution in [2.45, 2.75) is 19.4 Å². The lowest BCUT2D eigenvalue weighted by molar-refractivity contribution is -0.137. The van der Waals surface area contributed by atoms with Crippen LogP contribution in [0, 0.1) is 0 Å². The maximum absolute atomic E-state index is 12.2. The van der Waals surface area contributed by atoms with Crippen molar-refractivity contribution in [2.24, 2.45) is 0 Å². The molecule has 0 aromatic rings. The topological polar surface area (TPSA) is 64.7 Å².